The van der Waals surface area contributed by atoms with Crippen LogP contribution in [0.15, 0.2) is 131 Å². The Hall–Kier alpha value is -7.50. The molecule has 3 aliphatic heterocycles. The highest BCUT2D eigenvalue weighted by molar-refractivity contribution is 7.99. The first kappa shape index (κ1) is 53.2. The molecule has 0 atom stereocenters. The molecule has 0 bridgehead atoms. The molecule has 3 N–H and O–H groups in total. The van der Waals surface area contributed by atoms with Gasteiger partial charge in [0.05, 0.1) is 16.8 Å². The number of carboxylic acids is 1. The maximum Gasteiger partial charge on any atom is 0.337 e. The number of aromatic carboxylic acids is 1. The van der Waals surface area contributed by atoms with E-state index in [0.717, 1.165) is 127 Å². The molecule has 10 heteroatoms. The third-order valence-electron chi connectivity index (χ3n) is 17.5. The van der Waals surface area contributed by atoms with Gasteiger partial charge in [-0.25, -0.2) is 4.79 Å². The minimum absolute atomic E-state index is 0.153. The van der Waals surface area contributed by atoms with Gasteiger partial charge in [-0.1, -0.05) is 91.9 Å². The Labute approximate surface area is 475 Å². The summed E-state index contributed by atoms with van der Waals surface area (Å²) in [5, 5.41) is 35.6. The monoisotopic (exact) mass is 1080 g/mol. The van der Waals surface area contributed by atoms with Crippen molar-refractivity contribution in [1.82, 2.24) is 0 Å². The third kappa shape index (κ3) is 8.64. The first-order valence-electron chi connectivity index (χ1n) is 28.1. The normalized spacial score (nSPS) is 16.2. The molecule has 0 fully saturated rings. The van der Waals surface area contributed by atoms with Crippen LogP contribution in [0.4, 0.5) is 22.7 Å². The van der Waals surface area contributed by atoms with E-state index in [1.807, 2.05) is 54.4 Å². The summed E-state index contributed by atoms with van der Waals surface area (Å²) in [6, 6.07) is 37.3. The number of rotatable bonds is 11. The van der Waals surface area contributed by atoms with E-state index in [4.69, 9.17) is 4.74 Å². The molecule has 0 saturated heterocycles. The van der Waals surface area contributed by atoms with Crippen molar-refractivity contribution in [2.24, 2.45) is 5.41 Å². The molecule has 12 rings (SSSR count). The molecule has 0 radical (unpaired) electrons. The zero-order chi connectivity index (χ0) is 56.4. The first-order chi connectivity index (χ1) is 38.1. The highest BCUT2D eigenvalue weighted by Gasteiger charge is 2.42. The number of carbonyl (C=O) groups is 1. The molecule has 7 aromatic carbocycles. The standard InChI is InChI=1S/C70H72N4O5S/c1-39-37-69(3,4)55-17-13-15-49-59(55)51(39)35-53-60(54-36-52-40(2)38-70(5,6)74-34-14-16-50(63(52)74)65(54)79-64(49)53)61-58(43-22-30-47(31-23-43)73(11)12)66(80-48-32-24-44(25-33-48)67(75)76)57(42-20-28-46(29-21-42)72(9)10)56(62(61)68(77)78)41-18-26-45(27-19-41)71(7)8/h18-33,35-38,67,75-76H,13-17,34H2,1-12H3,(H,77,78). The molecule has 5 aliphatic rings. The Morgan fingerprint density at radius 3 is 1.70 bits per heavy atom. The van der Waals surface area contributed by atoms with Gasteiger partial charge in [-0.3, -0.25) is 0 Å². The lowest BCUT2D eigenvalue weighted by Crippen LogP contribution is -2.48. The van der Waals surface area contributed by atoms with E-state index in [1.54, 1.807) is 23.9 Å². The first-order valence-corrected chi connectivity index (χ1v) is 28.9. The van der Waals surface area contributed by atoms with E-state index in [9.17, 15) is 15.3 Å². The molecular formula is C70H72N4O5S. The molecule has 0 spiro atoms. The quantitative estimate of drug-likeness (QED) is 0.109. The van der Waals surface area contributed by atoms with Gasteiger partial charge in [0.2, 0.25) is 0 Å². The summed E-state index contributed by atoms with van der Waals surface area (Å²) >= 11 is 1.57. The van der Waals surface area contributed by atoms with E-state index in [-0.39, 0.29) is 16.5 Å². The average Bonchev–Trinajstić information content (AvgIpc) is 3.55. The van der Waals surface area contributed by atoms with Gasteiger partial charge in [0.1, 0.15) is 11.5 Å². The van der Waals surface area contributed by atoms with Crippen molar-refractivity contribution in [3.8, 4) is 44.9 Å². The summed E-state index contributed by atoms with van der Waals surface area (Å²) in [5.74, 6) is 0.590. The summed E-state index contributed by atoms with van der Waals surface area (Å²) < 4.78 is 7.79. The lowest BCUT2D eigenvalue weighted by atomic mass is 9.70. The number of aliphatic hydroxyl groups excluding tert-OH is 1. The van der Waals surface area contributed by atoms with Gasteiger partial charge < -0.3 is 39.7 Å². The number of hydrogen-bond acceptors (Lipinski definition) is 9. The third-order valence-corrected chi connectivity index (χ3v) is 18.6. The molecule has 3 heterocycles. The van der Waals surface area contributed by atoms with Crippen molar-refractivity contribution in [2.45, 2.75) is 95.3 Å². The van der Waals surface area contributed by atoms with Crippen LogP contribution >= 0.6 is 11.8 Å². The minimum Gasteiger partial charge on any atom is -0.478 e. The Bertz CT molecular complexity index is 3920. The smallest absolute Gasteiger partial charge is 0.337 e. The van der Waals surface area contributed by atoms with Crippen molar-refractivity contribution in [3.63, 3.8) is 0 Å². The van der Waals surface area contributed by atoms with Crippen LogP contribution in [0, 0.1) is 5.41 Å². The van der Waals surface area contributed by atoms with Gasteiger partial charge in [-0.05, 0) is 159 Å². The summed E-state index contributed by atoms with van der Waals surface area (Å²) in [5.41, 5.74) is 19.9. The van der Waals surface area contributed by atoms with Gasteiger partial charge in [0.15, 0.2) is 6.29 Å². The molecule has 9 nitrogen and oxygen atoms in total. The van der Waals surface area contributed by atoms with Gasteiger partial charge in [0, 0.05) is 142 Å². The number of ether oxygens (including phenoxy) is 1. The zero-order valence-corrected chi connectivity index (χ0v) is 49.0. The van der Waals surface area contributed by atoms with E-state index in [2.05, 4.69) is 158 Å². The molecule has 0 unspecified atom stereocenters. The molecule has 408 valence electrons. The van der Waals surface area contributed by atoms with E-state index in [0.29, 0.717) is 16.7 Å². The number of allylic oxidation sites excluding steroid dienone is 3. The van der Waals surface area contributed by atoms with Gasteiger partial charge in [-0.2, -0.15) is 0 Å². The molecule has 0 amide bonds. The number of carboxylic acid groups (broad SMARTS) is 1. The van der Waals surface area contributed by atoms with Crippen molar-refractivity contribution >= 4 is 62.8 Å². The fourth-order valence-corrected chi connectivity index (χ4v) is 14.9. The highest BCUT2D eigenvalue weighted by atomic mass is 32.2. The van der Waals surface area contributed by atoms with Gasteiger partial charge >= 0.3 is 5.97 Å². The van der Waals surface area contributed by atoms with Crippen molar-refractivity contribution in [1.29, 1.82) is 0 Å². The number of nitrogens with zero attached hydrogens (tertiary/aromatic N) is 4. The SMILES string of the molecule is CC1=CC(C)(C)N2CCCc3c4c(cc1c32)C(c1c(C(=O)O)c(-c2ccc(N(C)C)cc2)c(-c2ccc(N(C)C)cc2)c(Sc2ccc(C(O)O)cc2)c1-c1ccc(N(C)C)cc1)=c1cc2c3c(c1O4)CCCC=3C(C)(C)C=C2C. The van der Waals surface area contributed by atoms with Crippen LogP contribution in [0.1, 0.15) is 116 Å². The maximum atomic E-state index is 15.6. The molecular weight excluding hydrogens is 1010 g/mol. The summed E-state index contributed by atoms with van der Waals surface area (Å²) in [6.45, 7) is 14.7. The van der Waals surface area contributed by atoms with E-state index in [1.165, 1.54) is 44.3 Å². The second kappa shape index (κ2) is 19.6. The van der Waals surface area contributed by atoms with Crippen LogP contribution in [0.2, 0.25) is 0 Å². The van der Waals surface area contributed by atoms with E-state index < -0.39 is 12.3 Å². The van der Waals surface area contributed by atoms with Crippen LogP contribution in [0.25, 0.3) is 55.7 Å². The van der Waals surface area contributed by atoms with Crippen LogP contribution in [-0.4, -0.2) is 75.7 Å². The predicted molar refractivity (Wildman–Crippen MR) is 331 cm³/mol. The zero-order valence-electron chi connectivity index (χ0n) is 48.2. The maximum absolute atomic E-state index is 15.6. The topological polar surface area (TPSA) is 100.0 Å². The highest BCUT2D eigenvalue weighted by Crippen LogP contribution is 2.58. The number of fused-ring (bicyclic) bond motifs is 4. The number of hydrogen-bond donors (Lipinski definition) is 3. The molecule has 7 aromatic rings. The minimum atomic E-state index is -1.64. The molecule has 0 aromatic heterocycles. The summed E-state index contributed by atoms with van der Waals surface area (Å²) in [7, 11) is 12.2. The summed E-state index contributed by atoms with van der Waals surface area (Å²) in [6.07, 6.45) is 7.75. The summed E-state index contributed by atoms with van der Waals surface area (Å²) in [4.78, 5) is 26.1. The Morgan fingerprint density at radius 2 is 1.15 bits per heavy atom. The van der Waals surface area contributed by atoms with Gasteiger partial charge in [0.25, 0.3) is 0 Å². The lowest BCUT2D eigenvalue weighted by Gasteiger charge is -2.47. The predicted octanol–water partition coefficient (Wildman–Crippen LogP) is 13.9. The number of benzene rings is 7. The van der Waals surface area contributed by atoms with Crippen molar-refractivity contribution in [3.05, 3.63) is 176 Å². The lowest BCUT2D eigenvalue weighted by molar-refractivity contribution is -0.0425. The van der Waals surface area contributed by atoms with Crippen molar-refractivity contribution < 1.29 is 24.9 Å². The molecule has 80 heavy (non-hydrogen) atoms. The average molecular weight is 1080 g/mol. The van der Waals surface area contributed by atoms with Crippen LogP contribution < -0.4 is 34.8 Å². The van der Waals surface area contributed by atoms with Crippen LogP contribution in [0.3, 0.4) is 0 Å². The van der Waals surface area contributed by atoms with Crippen LogP contribution in [0.5, 0.6) is 11.5 Å². The Kier molecular flexibility index (Phi) is 13.1. The number of anilines is 4. The fraction of sp³-hybridized carbons (Fsp3) is 0.300. The second-order valence-corrected chi connectivity index (χ2v) is 25.3. The Morgan fingerprint density at radius 1 is 0.613 bits per heavy atom. The molecule has 2 aliphatic carbocycles. The fourth-order valence-electron chi connectivity index (χ4n) is 13.7. The van der Waals surface area contributed by atoms with Crippen LogP contribution in [-0.2, 0) is 12.8 Å². The van der Waals surface area contributed by atoms with Crippen molar-refractivity contribution in [2.75, 3.05) is 68.4 Å². The number of aliphatic hydroxyl groups is 2. The van der Waals surface area contributed by atoms with E-state index >= 15 is 4.79 Å². The Balaban J connectivity index is 1.36. The second-order valence-electron chi connectivity index (χ2n) is 24.3. The largest absolute Gasteiger partial charge is 0.478 e. The molecule has 0 saturated carbocycles. The van der Waals surface area contributed by atoms with Gasteiger partial charge in [-0.15, -0.1) is 0 Å².